The molecule has 0 aromatic heterocycles. The summed E-state index contributed by atoms with van der Waals surface area (Å²) in [6.07, 6.45) is 0.706. The molecule has 0 radical (unpaired) electrons. The van der Waals surface area contributed by atoms with E-state index in [4.69, 9.17) is 0 Å². The van der Waals surface area contributed by atoms with Crippen molar-refractivity contribution in [2.45, 2.75) is 39.7 Å². The Morgan fingerprint density at radius 2 is 2.04 bits per heavy atom. The number of hydrogen-bond acceptors (Lipinski definition) is 3. The van der Waals surface area contributed by atoms with Gasteiger partial charge in [-0.05, 0) is 37.0 Å². The standard InChI is InChI=1S/C19H25FN4O3/c1-11(2)10-23-6-7-24(12(3)18(23)26)19(27)21-15-9-14(20)8-13-4-5-16(25)22-17(13)15/h8-9,11-12H,4-7,10H2,1-3H3,(H,21,27)(H,22,25)/t12-/m0/s1. The molecule has 2 N–H and O–H groups in total. The maximum Gasteiger partial charge on any atom is 0.322 e. The molecule has 2 heterocycles. The van der Waals surface area contributed by atoms with Crippen LogP contribution in [0.25, 0.3) is 0 Å². The van der Waals surface area contributed by atoms with E-state index in [1.165, 1.54) is 17.0 Å². The first-order valence-electron chi connectivity index (χ1n) is 9.25. The van der Waals surface area contributed by atoms with Crippen molar-refractivity contribution in [3.05, 3.63) is 23.5 Å². The molecule has 0 saturated carbocycles. The second-order valence-corrected chi connectivity index (χ2v) is 7.51. The average molecular weight is 376 g/mol. The Morgan fingerprint density at radius 3 is 2.74 bits per heavy atom. The summed E-state index contributed by atoms with van der Waals surface area (Å²) in [6, 6.07) is 1.47. The summed E-state index contributed by atoms with van der Waals surface area (Å²) in [7, 11) is 0. The molecule has 2 aliphatic rings. The lowest BCUT2D eigenvalue weighted by Gasteiger charge is -2.39. The number of hydrogen-bond donors (Lipinski definition) is 2. The predicted octanol–water partition coefficient (Wildman–Crippen LogP) is 2.43. The van der Waals surface area contributed by atoms with Gasteiger partial charge < -0.3 is 20.4 Å². The van der Waals surface area contributed by atoms with E-state index < -0.39 is 17.9 Å². The Bertz CT molecular complexity index is 780. The van der Waals surface area contributed by atoms with Gasteiger partial charge in [0.05, 0.1) is 11.4 Å². The van der Waals surface area contributed by atoms with Gasteiger partial charge in [0.1, 0.15) is 11.9 Å². The second-order valence-electron chi connectivity index (χ2n) is 7.51. The van der Waals surface area contributed by atoms with Crippen LogP contribution >= 0.6 is 0 Å². The quantitative estimate of drug-likeness (QED) is 0.850. The average Bonchev–Trinajstić information content (AvgIpc) is 2.59. The Kier molecular flexibility index (Phi) is 5.34. The fourth-order valence-corrected chi connectivity index (χ4v) is 3.57. The number of amides is 4. The first-order valence-corrected chi connectivity index (χ1v) is 9.25. The number of urea groups is 1. The number of fused-ring (bicyclic) bond motifs is 1. The predicted molar refractivity (Wildman–Crippen MR) is 100.0 cm³/mol. The molecule has 8 heteroatoms. The van der Waals surface area contributed by atoms with Crippen molar-refractivity contribution >= 4 is 29.2 Å². The molecule has 3 rings (SSSR count). The zero-order valence-electron chi connectivity index (χ0n) is 15.8. The van der Waals surface area contributed by atoms with Gasteiger partial charge in [-0.1, -0.05) is 13.8 Å². The SMILES string of the molecule is CC(C)CN1CCN(C(=O)Nc2cc(F)cc3c2NC(=O)CC3)[C@@H](C)C1=O. The first kappa shape index (κ1) is 19.1. The lowest BCUT2D eigenvalue weighted by molar-refractivity contribution is -0.139. The highest BCUT2D eigenvalue weighted by Gasteiger charge is 2.35. The monoisotopic (exact) mass is 376 g/mol. The highest BCUT2D eigenvalue weighted by Crippen LogP contribution is 2.32. The Morgan fingerprint density at radius 1 is 1.30 bits per heavy atom. The molecule has 1 aromatic carbocycles. The van der Waals surface area contributed by atoms with Crippen LogP contribution in [0.4, 0.5) is 20.6 Å². The van der Waals surface area contributed by atoms with Gasteiger partial charge in [-0.15, -0.1) is 0 Å². The van der Waals surface area contributed by atoms with Crippen molar-refractivity contribution in [1.29, 1.82) is 0 Å². The van der Waals surface area contributed by atoms with Gasteiger partial charge in [-0.3, -0.25) is 9.59 Å². The number of piperazine rings is 1. The van der Waals surface area contributed by atoms with Crippen LogP contribution in [-0.2, 0) is 16.0 Å². The molecule has 1 aromatic rings. The first-order chi connectivity index (χ1) is 12.8. The van der Waals surface area contributed by atoms with E-state index in [9.17, 15) is 18.8 Å². The number of rotatable bonds is 3. The number of anilines is 2. The smallest absolute Gasteiger partial charge is 0.322 e. The van der Waals surface area contributed by atoms with Gasteiger partial charge in [-0.25, -0.2) is 9.18 Å². The van der Waals surface area contributed by atoms with E-state index in [0.29, 0.717) is 43.2 Å². The minimum Gasteiger partial charge on any atom is -0.339 e. The molecule has 4 amide bonds. The largest absolute Gasteiger partial charge is 0.339 e. The molecule has 1 saturated heterocycles. The number of aryl methyl sites for hydroxylation is 1. The van der Waals surface area contributed by atoms with Crippen molar-refractivity contribution < 1.29 is 18.8 Å². The van der Waals surface area contributed by atoms with Gasteiger partial charge in [0.25, 0.3) is 0 Å². The lowest BCUT2D eigenvalue weighted by atomic mass is 10.0. The Labute approximate surface area is 157 Å². The molecule has 1 atom stereocenters. The van der Waals surface area contributed by atoms with E-state index in [-0.39, 0.29) is 23.9 Å². The van der Waals surface area contributed by atoms with Crippen LogP contribution in [0.5, 0.6) is 0 Å². The number of nitrogens with zero attached hydrogens (tertiary/aromatic N) is 2. The van der Waals surface area contributed by atoms with E-state index in [0.717, 1.165) is 0 Å². The molecule has 0 spiro atoms. The summed E-state index contributed by atoms with van der Waals surface area (Å²) in [5.74, 6) is -0.398. The summed E-state index contributed by atoms with van der Waals surface area (Å²) in [6.45, 7) is 7.29. The summed E-state index contributed by atoms with van der Waals surface area (Å²) in [5.41, 5.74) is 1.29. The lowest BCUT2D eigenvalue weighted by Crippen LogP contribution is -2.59. The number of benzene rings is 1. The molecule has 0 unspecified atom stereocenters. The molecule has 7 nitrogen and oxygen atoms in total. The van der Waals surface area contributed by atoms with Crippen molar-refractivity contribution in [3.63, 3.8) is 0 Å². The van der Waals surface area contributed by atoms with E-state index in [1.807, 2.05) is 13.8 Å². The summed E-state index contributed by atoms with van der Waals surface area (Å²) in [5, 5.41) is 5.37. The third-order valence-corrected chi connectivity index (χ3v) is 4.91. The third-order valence-electron chi connectivity index (χ3n) is 4.91. The van der Waals surface area contributed by atoms with E-state index >= 15 is 0 Å². The zero-order valence-corrected chi connectivity index (χ0v) is 15.8. The molecule has 0 bridgehead atoms. The van der Waals surface area contributed by atoms with Crippen molar-refractivity contribution in [2.24, 2.45) is 5.92 Å². The summed E-state index contributed by atoms with van der Waals surface area (Å²) >= 11 is 0. The van der Waals surface area contributed by atoms with Crippen molar-refractivity contribution in [3.8, 4) is 0 Å². The second kappa shape index (κ2) is 7.54. The van der Waals surface area contributed by atoms with Gasteiger partial charge in [0.15, 0.2) is 0 Å². The van der Waals surface area contributed by atoms with Crippen LogP contribution in [0.15, 0.2) is 12.1 Å². The number of halogens is 1. The number of carbonyl (C=O) groups excluding carboxylic acids is 3. The van der Waals surface area contributed by atoms with Crippen molar-refractivity contribution in [1.82, 2.24) is 9.80 Å². The number of nitrogens with one attached hydrogen (secondary N) is 2. The fraction of sp³-hybridized carbons (Fsp3) is 0.526. The molecule has 0 aliphatic carbocycles. The third kappa shape index (κ3) is 4.04. The molecule has 146 valence electrons. The van der Waals surface area contributed by atoms with E-state index in [1.54, 1.807) is 11.8 Å². The minimum absolute atomic E-state index is 0.0975. The van der Waals surface area contributed by atoms with Crippen LogP contribution in [0, 0.1) is 11.7 Å². The summed E-state index contributed by atoms with van der Waals surface area (Å²) < 4.78 is 13.9. The Balaban J connectivity index is 1.76. The topological polar surface area (TPSA) is 81.8 Å². The van der Waals surface area contributed by atoms with Crippen LogP contribution in [0.3, 0.4) is 0 Å². The highest BCUT2D eigenvalue weighted by atomic mass is 19.1. The van der Waals surface area contributed by atoms with Gasteiger partial charge in [-0.2, -0.15) is 0 Å². The fourth-order valence-electron chi connectivity index (χ4n) is 3.57. The molecule has 27 heavy (non-hydrogen) atoms. The molecular weight excluding hydrogens is 351 g/mol. The normalized spacial score (nSPS) is 19.8. The van der Waals surface area contributed by atoms with Gasteiger partial charge in [0.2, 0.25) is 11.8 Å². The van der Waals surface area contributed by atoms with Crippen molar-refractivity contribution in [2.75, 3.05) is 30.3 Å². The van der Waals surface area contributed by atoms with Crippen LogP contribution in [0.1, 0.15) is 32.8 Å². The molecule has 2 aliphatic heterocycles. The van der Waals surface area contributed by atoms with Crippen LogP contribution in [-0.4, -0.2) is 53.3 Å². The maximum absolute atomic E-state index is 13.9. The van der Waals surface area contributed by atoms with Crippen LogP contribution in [0.2, 0.25) is 0 Å². The zero-order chi connectivity index (χ0) is 19.7. The van der Waals surface area contributed by atoms with Gasteiger partial charge >= 0.3 is 6.03 Å². The molecule has 1 fully saturated rings. The minimum atomic E-state index is -0.600. The number of carbonyl (C=O) groups is 3. The van der Waals surface area contributed by atoms with Gasteiger partial charge in [0, 0.05) is 26.1 Å². The van der Waals surface area contributed by atoms with E-state index in [2.05, 4.69) is 10.6 Å². The maximum atomic E-state index is 13.9. The van der Waals surface area contributed by atoms with Crippen LogP contribution < -0.4 is 10.6 Å². The summed E-state index contributed by atoms with van der Waals surface area (Å²) in [4.78, 5) is 40.2. The highest BCUT2D eigenvalue weighted by molar-refractivity contribution is 6.02. The Hall–Kier alpha value is -2.64. The molecular formula is C19H25FN4O3.